The number of rotatable bonds is 8. The van der Waals surface area contributed by atoms with Gasteiger partial charge in [-0.1, -0.05) is 44.2 Å². The molecule has 2 N–H and O–H groups in total. The van der Waals surface area contributed by atoms with Crippen molar-refractivity contribution in [1.82, 2.24) is 20.4 Å². The lowest BCUT2D eigenvalue weighted by molar-refractivity contribution is -0.133. The summed E-state index contributed by atoms with van der Waals surface area (Å²) in [6.07, 6.45) is 5.31. The fourth-order valence-corrected chi connectivity index (χ4v) is 5.47. The van der Waals surface area contributed by atoms with Gasteiger partial charge in [0.1, 0.15) is 0 Å². The highest BCUT2D eigenvalue weighted by atomic mass is 16.2. The molecule has 0 atom stereocenters. The molecule has 2 fully saturated rings. The van der Waals surface area contributed by atoms with Gasteiger partial charge in [0.05, 0.1) is 6.54 Å². The quantitative estimate of drug-likeness (QED) is 0.630. The van der Waals surface area contributed by atoms with E-state index in [-0.39, 0.29) is 35.2 Å². The van der Waals surface area contributed by atoms with Gasteiger partial charge in [-0.05, 0) is 57.2 Å². The Balaban J connectivity index is 1.59. The van der Waals surface area contributed by atoms with Crippen LogP contribution in [0.25, 0.3) is 0 Å². The van der Waals surface area contributed by atoms with Crippen molar-refractivity contribution >= 4 is 17.7 Å². The van der Waals surface area contributed by atoms with Gasteiger partial charge < -0.3 is 15.5 Å². The average Bonchev–Trinajstić information content (AvgIpc) is 3.11. The molecule has 1 heterocycles. The van der Waals surface area contributed by atoms with Crippen molar-refractivity contribution in [2.24, 2.45) is 10.8 Å². The molecule has 0 aromatic heterocycles. The summed E-state index contributed by atoms with van der Waals surface area (Å²) in [5, 5.41) is 5.19. The minimum atomic E-state index is -0.649. The van der Waals surface area contributed by atoms with Gasteiger partial charge >= 0.3 is 0 Å². The van der Waals surface area contributed by atoms with Crippen LogP contribution in [0, 0.1) is 10.8 Å². The molecule has 182 valence electrons. The van der Waals surface area contributed by atoms with Crippen molar-refractivity contribution in [3.63, 3.8) is 0 Å². The van der Waals surface area contributed by atoms with E-state index in [1.165, 1.54) is 5.56 Å². The van der Waals surface area contributed by atoms with E-state index < -0.39 is 5.41 Å². The Morgan fingerprint density at radius 1 is 1.09 bits per heavy atom. The highest BCUT2D eigenvalue weighted by molar-refractivity contribution is 5.87. The second-order valence-corrected chi connectivity index (χ2v) is 10.8. The smallest absolute Gasteiger partial charge is 0.239 e. The van der Waals surface area contributed by atoms with Crippen LogP contribution in [0.5, 0.6) is 0 Å². The zero-order valence-corrected chi connectivity index (χ0v) is 20.9. The summed E-state index contributed by atoms with van der Waals surface area (Å²) in [4.78, 5) is 41.2. The Morgan fingerprint density at radius 2 is 1.73 bits per heavy atom. The van der Waals surface area contributed by atoms with Crippen LogP contribution >= 0.6 is 0 Å². The molecule has 3 amide bonds. The maximum atomic E-state index is 12.9. The predicted octanol–water partition coefficient (Wildman–Crippen LogP) is 2.51. The predicted molar refractivity (Wildman–Crippen MR) is 129 cm³/mol. The second-order valence-electron chi connectivity index (χ2n) is 10.8. The van der Waals surface area contributed by atoms with Crippen LogP contribution < -0.4 is 10.6 Å². The van der Waals surface area contributed by atoms with Crippen LogP contribution in [0.4, 0.5) is 0 Å². The Morgan fingerprint density at radius 3 is 2.30 bits per heavy atom. The number of likely N-dealkylation sites (N-methyl/N-ethyl adjacent to an activating group) is 1. The highest BCUT2D eigenvalue weighted by Gasteiger charge is 2.50. The first-order chi connectivity index (χ1) is 15.5. The minimum Gasteiger partial charge on any atom is -0.358 e. The number of hydrogen-bond acceptors (Lipinski definition) is 4. The number of carbonyl (C=O) groups is 3. The van der Waals surface area contributed by atoms with Crippen LogP contribution in [0.2, 0.25) is 0 Å². The van der Waals surface area contributed by atoms with E-state index in [0.717, 1.165) is 32.2 Å². The summed E-state index contributed by atoms with van der Waals surface area (Å²) in [5.74, 6) is -0.185. The minimum absolute atomic E-state index is 0.0217. The second kappa shape index (κ2) is 9.84. The number of amides is 3. The zero-order valence-electron chi connectivity index (χ0n) is 20.9. The molecular formula is C26H40N4O3. The lowest BCUT2D eigenvalue weighted by Crippen LogP contribution is -2.47. The average molecular weight is 457 g/mol. The molecule has 1 saturated carbocycles. The molecule has 0 bridgehead atoms. The van der Waals surface area contributed by atoms with Crippen LogP contribution in [-0.4, -0.2) is 68.3 Å². The molecule has 1 aromatic rings. The summed E-state index contributed by atoms with van der Waals surface area (Å²) in [5.41, 5.74) is 0.769. The standard InChI is InChI=1S/C26H40N4O3/c1-24(2,23(33)28-18-21(31)27-3)15-16-30-19-25(17-22(30)32)11-13-26(14-12-25,29(4)5)20-9-7-6-8-10-20/h6-10H,11-19H2,1-5H3,(H,27,31)(H,28,33). The zero-order chi connectivity index (χ0) is 24.3. The first-order valence-corrected chi connectivity index (χ1v) is 12.0. The van der Waals surface area contributed by atoms with Crippen molar-refractivity contribution in [3.05, 3.63) is 35.9 Å². The number of likely N-dealkylation sites (tertiary alicyclic amines) is 1. The molecule has 3 rings (SSSR count). The summed E-state index contributed by atoms with van der Waals surface area (Å²) in [7, 11) is 5.87. The van der Waals surface area contributed by atoms with Gasteiger partial charge in [-0.2, -0.15) is 0 Å². The van der Waals surface area contributed by atoms with Gasteiger partial charge in [0, 0.05) is 37.5 Å². The summed E-state index contributed by atoms with van der Waals surface area (Å²) < 4.78 is 0. The maximum absolute atomic E-state index is 12.9. The van der Waals surface area contributed by atoms with Crippen LogP contribution in [-0.2, 0) is 19.9 Å². The molecule has 1 aliphatic carbocycles. The molecular weight excluding hydrogens is 416 g/mol. The number of benzene rings is 1. The van der Waals surface area contributed by atoms with Gasteiger partial charge in [0.2, 0.25) is 17.7 Å². The molecule has 1 aromatic carbocycles. The van der Waals surface area contributed by atoms with Gasteiger partial charge in [-0.25, -0.2) is 0 Å². The highest BCUT2D eigenvalue weighted by Crippen LogP contribution is 2.52. The summed E-state index contributed by atoms with van der Waals surface area (Å²) in [6.45, 7) is 5.06. The monoisotopic (exact) mass is 456 g/mol. The first-order valence-electron chi connectivity index (χ1n) is 12.0. The van der Waals surface area contributed by atoms with E-state index in [9.17, 15) is 14.4 Å². The molecule has 1 saturated heterocycles. The third-order valence-corrected chi connectivity index (χ3v) is 8.02. The topological polar surface area (TPSA) is 81.8 Å². The van der Waals surface area contributed by atoms with Gasteiger partial charge in [0.25, 0.3) is 0 Å². The Labute approximate surface area is 198 Å². The first kappa shape index (κ1) is 25.2. The molecule has 0 radical (unpaired) electrons. The Kier molecular flexibility index (Phi) is 7.52. The third-order valence-electron chi connectivity index (χ3n) is 8.02. The molecule has 7 nitrogen and oxygen atoms in total. The molecule has 33 heavy (non-hydrogen) atoms. The molecule has 0 unspecified atom stereocenters. The molecule has 7 heteroatoms. The molecule has 1 aliphatic heterocycles. The number of carbonyl (C=O) groups excluding carboxylic acids is 3. The van der Waals surface area contributed by atoms with Gasteiger partial charge in [0.15, 0.2) is 0 Å². The Hall–Kier alpha value is -2.41. The summed E-state index contributed by atoms with van der Waals surface area (Å²) in [6, 6.07) is 10.7. The lowest BCUT2D eigenvalue weighted by Gasteiger charge is -2.49. The van der Waals surface area contributed by atoms with E-state index in [1.54, 1.807) is 7.05 Å². The van der Waals surface area contributed by atoms with Gasteiger partial charge in [-0.3, -0.25) is 19.3 Å². The van der Waals surface area contributed by atoms with E-state index in [2.05, 4.69) is 60.0 Å². The SMILES string of the molecule is CNC(=O)CNC(=O)C(C)(C)CCN1CC2(CCC(c3ccccc3)(N(C)C)CC2)CC1=O. The van der Waals surface area contributed by atoms with E-state index in [1.807, 2.05) is 18.7 Å². The summed E-state index contributed by atoms with van der Waals surface area (Å²) >= 11 is 0. The van der Waals surface area contributed by atoms with E-state index >= 15 is 0 Å². The fraction of sp³-hybridized carbons (Fsp3) is 0.654. The maximum Gasteiger partial charge on any atom is 0.239 e. The van der Waals surface area contributed by atoms with Crippen molar-refractivity contribution in [2.45, 2.75) is 57.9 Å². The number of hydrogen-bond donors (Lipinski definition) is 2. The van der Waals surface area contributed by atoms with E-state index in [0.29, 0.717) is 19.4 Å². The molecule has 2 aliphatic rings. The van der Waals surface area contributed by atoms with E-state index in [4.69, 9.17) is 0 Å². The van der Waals surface area contributed by atoms with Crippen molar-refractivity contribution in [1.29, 1.82) is 0 Å². The molecule has 1 spiro atoms. The normalized spacial score (nSPS) is 25.5. The number of nitrogens with zero attached hydrogens (tertiary/aromatic N) is 2. The van der Waals surface area contributed by atoms with Crippen LogP contribution in [0.15, 0.2) is 30.3 Å². The van der Waals surface area contributed by atoms with Crippen LogP contribution in [0.3, 0.4) is 0 Å². The fourth-order valence-electron chi connectivity index (χ4n) is 5.47. The van der Waals surface area contributed by atoms with Crippen molar-refractivity contribution in [2.75, 3.05) is 40.8 Å². The van der Waals surface area contributed by atoms with Crippen molar-refractivity contribution < 1.29 is 14.4 Å². The van der Waals surface area contributed by atoms with Gasteiger partial charge in [-0.15, -0.1) is 0 Å². The van der Waals surface area contributed by atoms with Crippen LogP contribution in [0.1, 0.15) is 57.9 Å². The van der Waals surface area contributed by atoms with Crippen molar-refractivity contribution in [3.8, 4) is 0 Å². The Bertz CT molecular complexity index is 858. The lowest BCUT2D eigenvalue weighted by atomic mass is 9.64. The third kappa shape index (κ3) is 5.40. The largest absolute Gasteiger partial charge is 0.358 e. The number of nitrogens with one attached hydrogen (secondary N) is 2.